The summed E-state index contributed by atoms with van der Waals surface area (Å²) in [6, 6.07) is 0. The Hall–Kier alpha value is -3.76. The Labute approximate surface area is 215 Å². The molecular formula is C21H32N6O9S. The van der Waals surface area contributed by atoms with Crippen molar-refractivity contribution in [3.8, 4) is 0 Å². The minimum Gasteiger partial charge on any atom is -0.870 e. The van der Waals surface area contributed by atoms with E-state index in [1.165, 1.54) is 24.0 Å². The number of aromatic nitrogens is 2. The molecule has 0 atom stereocenters. The van der Waals surface area contributed by atoms with Crippen molar-refractivity contribution in [2.24, 2.45) is 0 Å². The number of nitrogens with one attached hydrogen (secondary N) is 2. The average Bonchev–Trinajstić information content (AvgIpc) is 3.33. The second kappa shape index (κ2) is 14.1. The van der Waals surface area contributed by atoms with Gasteiger partial charge < -0.3 is 20.4 Å². The van der Waals surface area contributed by atoms with Crippen molar-refractivity contribution in [2.75, 3.05) is 54.4 Å². The summed E-state index contributed by atoms with van der Waals surface area (Å²) < 4.78 is 43.3. The van der Waals surface area contributed by atoms with E-state index in [-0.39, 0.29) is 43.5 Å². The third-order valence-corrected chi connectivity index (χ3v) is 5.21. The summed E-state index contributed by atoms with van der Waals surface area (Å²) in [7, 11) is -5.21. The fourth-order valence-electron chi connectivity index (χ4n) is 3.52. The van der Waals surface area contributed by atoms with Gasteiger partial charge in [-0.1, -0.05) is 17.1 Å². The van der Waals surface area contributed by atoms with E-state index >= 15 is 0 Å². The molecule has 0 radical (unpaired) electrons. The summed E-state index contributed by atoms with van der Waals surface area (Å²) >= 11 is 0. The molecule has 15 nitrogen and oxygen atoms in total. The molecular weight excluding hydrogens is 512 g/mol. The number of ether oxygens (including phenoxy) is 1. The minimum atomic E-state index is -5.21. The number of ketones is 1. The summed E-state index contributed by atoms with van der Waals surface area (Å²) in [6.07, 6.45) is 3.45. The minimum absolute atomic E-state index is 0. The number of anilines is 3. The van der Waals surface area contributed by atoms with Crippen LogP contribution in [0.3, 0.4) is 0 Å². The Kier molecular flexibility index (Phi) is 11.9. The largest absolute Gasteiger partial charge is 0.870 e. The fourth-order valence-corrected chi connectivity index (χ4v) is 3.84. The zero-order valence-electron chi connectivity index (χ0n) is 20.7. The van der Waals surface area contributed by atoms with E-state index in [4.69, 9.17) is 9.02 Å². The van der Waals surface area contributed by atoms with E-state index in [0.29, 0.717) is 17.8 Å². The number of nitrogens with zero attached hydrogens (tertiary/aromatic N) is 4. The molecule has 0 spiro atoms. The van der Waals surface area contributed by atoms with Gasteiger partial charge in [-0.25, -0.2) is 14.4 Å². The number of Topliss-reactive ketones (excluding diaryl/α,β-unsaturated/α-hetero) is 1. The van der Waals surface area contributed by atoms with Gasteiger partial charge in [0.05, 0.1) is 19.7 Å². The zero-order chi connectivity index (χ0) is 26.9. The Morgan fingerprint density at radius 3 is 2.27 bits per heavy atom. The Morgan fingerprint density at radius 1 is 1.19 bits per heavy atom. The normalized spacial score (nSPS) is 12.7. The van der Waals surface area contributed by atoms with Crippen LogP contribution in [0.25, 0.3) is 0 Å². The van der Waals surface area contributed by atoms with Gasteiger partial charge in [0.2, 0.25) is 5.82 Å². The highest BCUT2D eigenvalue weighted by Crippen LogP contribution is 2.30. The SMILES string of the molecule is C=CCN(CC=C)c1nc(N2CCCC2)c(C(=O)C(=O)NCC)c(NC(=O)OCC)[n+]1OS(=O)(=O)O.[OH-]. The Balaban J connectivity index is 0.00000684. The van der Waals surface area contributed by atoms with Crippen LogP contribution in [-0.4, -0.2) is 80.5 Å². The van der Waals surface area contributed by atoms with Crippen LogP contribution in [0.2, 0.25) is 0 Å². The standard InChI is InChI=1S/C21H30N6O8S.H2O/c1-5-11-26(12-6-2)20-23-17(25-13-9-10-14-25)15(16(28)19(29)22-7-3)18(24-21(30)34-8-4)27(20)35-36(31,32)33;/h5-6H,1-2,7-14H2,3-4H3,(H2,22,29,31,32,33);1H2. The molecule has 0 bridgehead atoms. The number of rotatable bonds is 13. The van der Waals surface area contributed by atoms with Crippen LogP contribution in [0.15, 0.2) is 25.3 Å². The van der Waals surface area contributed by atoms with Crippen LogP contribution in [0.1, 0.15) is 37.0 Å². The molecule has 0 aromatic carbocycles. The van der Waals surface area contributed by atoms with E-state index in [2.05, 4.69) is 28.8 Å². The van der Waals surface area contributed by atoms with Gasteiger partial charge in [0, 0.05) is 19.6 Å². The van der Waals surface area contributed by atoms with E-state index in [9.17, 15) is 27.4 Å². The fraction of sp³-hybridized carbons (Fsp3) is 0.476. The molecule has 1 aliphatic heterocycles. The first-order valence-corrected chi connectivity index (χ1v) is 12.6. The van der Waals surface area contributed by atoms with Crippen LogP contribution < -0.4 is 29.4 Å². The van der Waals surface area contributed by atoms with Gasteiger partial charge in [-0.3, -0.25) is 19.0 Å². The second-order valence-electron chi connectivity index (χ2n) is 7.47. The third-order valence-electron chi connectivity index (χ3n) is 4.87. The molecule has 2 rings (SSSR count). The van der Waals surface area contributed by atoms with Crippen molar-refractivity contribution in [2.45, 2.75) is 26.7 Å². The number of carbonyl (C=O) groups is 3. The molecule has 1 saturated heterocycles. The average molecular weight is 545 g/mol. The monoisotopic (exact) mass is 544 g/mol. The lowest BCUT2D eigenvalue weighted by Crippen LogP contribution is -2.55. The molecule has 1 fully saturated rings. The van der Waals surface area contributed by atoms with Gasteiger partial charge in [-0.05, 0) is 31.4 Å². The number of amides is 2. The summed E-state index contributed by atoms with van der Waals surface area (Å²) in [5.74, 6) is -2.93. The number of hydrogen-bond acceptors (Lipinski definition) is 11. The smallest absolute Gasteiger partial charge is 0.474 e. The molecule has 1 aromatic rings. The van der Waals surface area contributed by atoms with E-state index < -0.39 is 39.6 Å². The maximum absolute atomic E-state index is 13.3. The lowest BCUT2D eigenvalue weighted by molar-refractivity contribution is -0.836. The zero-order valence-corrected chi connectivity index (χ0v) is 21.5. The highest BCUT2D eigenvalue weighted by Gasteiger charge is 2.40. The Morgan fingerprint density at radius 2 is 1.78 bits per heavy atom. The summed E-state index contributed by atoms with van der Waals surface area (Å²) in [5.41, 5.74) is -0.444. The molecule has 1 aromatic heterocycles. The van der Waals surface area contributed by atoms with E-state index in [0.717, 1.165) is 12.8 Å². The van der Waals surface area contributed by atoms with Gasteiger partial charge in [-0.2, -0.15) is 8.42 Å². The van der Waals surface area contributed by atoms with E-state index in [1.54, 1.807) is 11.8 Å². The van der Waals surface area contributed by atoms with Crippen LogP contribution in [-0.2, 0) is 19.9 Å². The summed E-state index contributed by atoms with van der Waals surface area (Å²) in [6.45, 7) is 11.7. The van der Waals surface area contributed by atoms with Gasteiger partial charge in [-0.15, -0.1) is 13.2 Å². The molecule has 0 saturated carbocycles. The van der Waals surface area contributed by atoms with Crippen LogP contribution in [0.4, 0.5) is 22.4 Å². The molecule has 2 heterocycles. The maximum atomic E-state index is 13.3. The molecule has 16 heteroatoms. The third kappa shape index (κ3) is 8.12. The van der Waals surface area contributed by atoms with Crippen molar-refractivity contribution in [3.05, 3.63) is 30.9 Å². The molecule has 4 N–H and O–H groups in total. The maximum Gasteiger partial charge on any atom is 0.474 e. The first-order chi connectivity index (χ1) is 17.1. The van der Waals surface area contributed by atoms with Crippen molar-refractivity contribution in [1.29, 1.82) is 0 Å². The lowest BCUT2D eigenvalue weighted by Gasteiger charge is -2.24. The lowest BCUT2D eigenvalue weighted by atomic mass is 10.1. The second-order valence-corrected chi connectivity index (χ2v) is 8.47. The predicted molar refractivity (Wildman–Crippen MR) is 132 cm³/mol. The number of likely N-dealkylation sites (N-methyl/N-ethyl adjacent to an activating group) is 1. The van der Waals surface area contributed by atoms with Gasteiger partial charge >= 0.3 is 22.4 Å². The van der Waals surface area contributed by atoms with Gasteiger partial charge in [0.15, 0.2) is 5.56 Å². The van der Waals surface area contributed by atoms with Crippen molar-refractivity contribution >= 4 is 45.8 Å². The van der Waals surface area contributed by atoms with Crippen LogP contribution >= 0.6 is 0 Å². The highest BCUT2D eigenvalue weighted by molar-refractivity contribution is 7.80. The van der Waals surface area contributed by atoms with Crippen LogP contribution in [0, 0.1) is 0 Å². The van der Waals surface area contributed by atoms with Gasteiger partial charge in [0.25, 0.3) is 17.5 Å². The number of carbonyl (C=O) groups excluding carboxylic acids is 3. The molecule has 37 heavy (non-hydrogen) atoms. The summed E-state index contributed by atoms with van der Waals surface area (Å²) in [4.78, 5) is 46.0. The first kappa shape index (κ1) is 31.3. The quantitative estimate of drug-likeness (QED) is 0.0994. The Bertz CT molecular complexity index is 1110. The predicted octanol–water partition coefficient (Wildman–Crippen LogP) is 0.0895. The summed E-state index contributed by atoms with van der Waals surface area (Å²) in [5, 5.41) is 4.66. The van der Waals surface area contributed by atoms with Crippen molar-refractivity contribution in [1.82, 2.24) is 10.3 Å². The van der Waals surface area contributed by atoms with Gasteiger partial charge in [0.1, 0.15) is 0 Å². The molecule has 206 valence electrons. The molecule has 0 aliphatic carbocycles. The van der Waals surface area contributed by atoms with E-state index in [1.807, 2.05) is 0 Å². The van der Waals surface area contributed by atoms with Crippen molar-refractivity contribution in [3.63, 3.8) is 0 Å². The first-order valence-electron chi connectivity index (χ1n) is 11.2. The van der Waals surface area contributed by atoms with Crippen LogP contribution in [0.5, 0.6) is 0 Å². The highest BCUT2D eigenvalue weighted by atomic mass is 32.3. The molecule has 2 amide bonds. The molecule has 0 unspecified atom stereocenters. The topological polar surface area (TPSA) is 201 Å². The molecule has 1 aliphatic rings. The van der Waals surface area contributed by atoms with Crippen molar-refractivity contribution < 1.29 is 46.6 Å². The number of hydrogen-bond donors (Lipinski definition) is 3.